The molecular weight excluding hydrogens is 757 g/mol. The van der Waals surface area contributed by atoms with Crippen LogP contribution in [0.2, 0.25) is 0 Å². The summed E-state index contributed by atoms with van der Waals surface area (Å²) in [6.45, 7) is 0. The molecule has 2 aliphatic rings. The van der Waals surface area contributed by atoms with Crippen molar-refractivity contribution < 1.29 is 4.42 Å². The number of hydrogen-bond donors (Lipinski definition) is 0. The fourth-order valence-electron chi connectivity index (χ4n) is 10.2. The topological polar surface area (TPSA) is 64.7 Å². The molecule has 0 aliphatic heterocycles. The number of rotatable bonds is 4. The van der Waals surface area contributed by atoms with Crippen LogP contribution in [-0.2, 0) is 5.41 Å². The van der Waals surface area contributed by atoms with Gasteiger partial charge in [0.05, 0.1) is 16.8 Å². The lowest BCUT2D eigenvalue weighted by Crippen LogP contribution is -2.29. The van der Waals surface area contributed by atoms with E-state index in [1.165, 1.54) is 55.6 Å². The lowest BCUT2D eigenvalue weighted by Gasteiger charge is -2.35. The van der Waals surface area contributed by atoms with E-state index in [1.54, 1.807) is 0 Å². The molecule has 1 unspecified atom stereocenters. The monoisotopic (exact) mass is 790 g/mol. The van der Waals surface area contributed by atoms with Gasteiger partial charge in [0, 0.05) is 45.4 Å². The smallest absolute Gasteiger partial charge is 0.160 e. The second kappa shape index (κ2) is 13.4. The summed E-state index contributed by atoms with van der Waals surface area (Å²) >= 11 is 0. The molecule has 1 spiro atoms. The van der Waals surface area contributed by atoms with Crippen molar-refractivity contribution in [2.24, 2.45) is 0 Å². The molecule has 0 N–H and O–H groups in total. The standard InChI is InChI=1S/C57H34N4O/c1-3-15-35(16-4-1)55-58-33-38(34-59-55)50-32-49(60-56(61-50)36-17-5-2-6-18-36)37-27-28-42-40-20-8-7-19-39(40)41-21-9-12-24-45(41)57(48(42)31-37)46-25-13-10-22-43(46)53-47(57)29-30-52-54(53)44-23-11-14-26-51(44)62-52/h1-34H. The van der Waals surface area contributed by atoms with E-state index < -0.39 is 5.41 Å². The highest BCUT2D eigenvalue weighted by atomic mass is 16.3. The number of hydrogen-bond acceptors (Lipinski definition) is 5. The Kier molecular flexibility index (Phi) is 7.45. The number of nitrogens with zero attached hydrogens (tertiary/aromatic N) is 4. The minimum absolute atomic E-state index is 0.636. The molecule has 3 heterocycles. The third kappa shape index (κ3) is 4.96. The highest BCUT2D eigenvalue weighted by molar-refractivity contribution is 6.16. The van der Waals surface area contributed by atoms with Gasteiger partial charge in [0.25, 0.3) is 0 Å². The van der Waals surface area contributed by atoms with Crippen LogP contribution < -0.4 is 0 Å². The number of aromatic nitrogens is 4. The molecule has 2 aliphatic carbocycles. The number of benzene rings is 8. The van der Waals surface area contributed by atoms with Crippen molar-refractivity contribution >= 4 is 21.9 Å². The first-order chi connectivity index (χ1) is 30.7. The average molecular weight is 791 g/mol. The van der Waals surface area contributed by atoms with Crippen LogP contribution in [0.1, 0.15) is 22.3 Å². The minimum Gasteiger partial charge on any atom is -0.456 e. The van der Waals surface area contributed by atoms with Gasteiger partial charge in [0.15, 0.2) is 11.6 Å². The van der Waals surface area contributed by atoms with Crippen molar-refractivity contribution in [1.29, 1.82) is 0 Å². The summed E-state index contributed by atoms with van der Waals surface area (Å²) in [6.07, 6.45) is 3.73. The largest absolute Gasteiger partial charge is 0.456 e. The third-order valence-electron chi connectivity index (χ3n) is 12.8. The van der Waals surface area contributed by atoms with E-state index in [4.69, 9.17) is 24.4 Å². The number of furan rings is 1. The van der Waals surface area contributed by atoms with Gasteiger partial charge in [0.2, 0.25) is 0 Å². The normalized spacial score (nSPS) is 14.5. The van der Waals surface area contributed by atoms with Crippen molar-refractivity contribution in [3.05, 3.63) is 229 Å². The van der Waals surface area contributed by atoms with Gasteiger partial charge in [-0.3, -0.25) is 0 Å². The summed E-state index contributed by atoms with van der Waals surface area (Å²) in [4.78, 5) is 20.1. The summed E-state index contributed by atoms with van der Waals surface area (Å²) in [5.41, 5.74) is 18.5. The molecule has 0 bridgehead atoms. The molecular formula is C57H34N4O. The van der Waals surface area contributed by atoms with Crippen LogP contribution in [0, 0.1) is 0 Å². The van der Waals surface area contributed by atoms with E-state index in [1.807, 2.05) is 67.0 Å². The van der Waals surface area contributed by atoms with Gasteiger partial charge in [-0.05, 0) is 79.9 Å². The van der Waals surface area contributed by atoms with Crippen LogP contribution >= 0.6 is 0 Å². The molecule has 0 saturated carbocycles. The Morgan fingerprint density at radius 3 is 1.65 bits per heavy atom. The molecule has 0 amide bonds. The van der Waals surface area contributed by atoms with E-state index in [0.29, 0.717) is 11.6 Å². The zero-order chi connectivity index (χ0) is 40.8. The van der Waals surface area contributed by atoms with Crippen molar-refractivity contribution in [3.63, 3.8) is 0 Å². The third-order valence-corrected chi connectivity index (χ3v) is 12.8. The first kappa shape index (κ1) is 34.6. The van der Waals surface area contributed by atoms with Gasteiger partial charge in [0.1, 0.15) is 11.2 Å². The first-order valence-corrected chi connectivity index (χ1v) is 21.0. The Labute approximate surface area is 357 Å². The van der Waals surface area contributed by atoms with Crippen LogP contribution in [0.5, 0.6) is 0 Å². The predicted octanol–water partition coefficient (Wildman–Crippen LogP) is 13.8. The molecule has 0 saturated heterocycles. The molecule has 0 radical (unpaired) electrons. The lowest BCUT2D eigenvalue weighted by molar-refractivity contribution is 0.668. The first-order valence-electron chi connectivity index (χ1n) is 21.0. The zero-order valence-electron chi connectivity index (χ0n) is 33.3. The number of fused-ring (bicyclic) bond motifs is 16. The van der Waals surface area contributed by atoms with E-state index in [0.717, 1.165) is 55.6 Å². The maximum absolute atomic E-state index is 6.56. The Morgan fingerprint density at radius 2 is 0.919 bits per heavy atom. The highest BCUT2D eigenvalue weighted by Crippen LogP contribution is 2.63. The predicted molar refractivity (Wildman–Crippen MR) is 248 cm³/mol. The molecule has 62 heavy (non-hydrogen) atoms. The van der Waals surface area contributed by atoms with Crippen LogP contribution in [-0.4, -0.2) is 19.9 Å². The van der Waals surface area contributed by atoms with Gasteiger partial charge in [-0.1, -0.05) is 170 Å². The zero-order valence-corrected chi connectivity index (χ0v) is 33.3. The van der Waals surface area contributed by atoms with Gasteiger partial charge in [-0.25, -0.2) is 19.9 Å². The van der Waals surface area contributed by atoms with Crippen molar-refractivity contribution in [3.8, 4) is 78.7 Å². The maximum Gasteiger partial charge on any atom is 0.160 e. The molecule has 11 aromatic rings. The molecule has 8 aromatic carbocycles. The summed E-state index contributed by atoms with van der Waals surface area (Å²) in [5.74, 6) is 1.30. The summed E-state index contributed by atoms with van der Waals surface area (Å²) in [5, 5.41) is 2.26. The van der Waals surface area contributed by atoms with Crippen molar-refractivity contribution in [2.45, 2.75) is 5.41 Å². The SMILES string of the molecule is c1ccc(-c2ncc(-c3cc(-c4ccc5c(c4)C4(c6ccccc6-c6ccccc6-5)c5ccccc5-c5c4ccc4oc6ccccc6c54)nc(-c4ccccc4)n3)cn2)cc1. The second-order valence-corrected chi connectivity index (χ2v) is 16.1. The quantitative estimate of drug-likeness (QED) is 0.178. The maximum atomic E-state index is 6.56. The fourth-order valence-corrected chi connectivity index (χ4v) is 10.2. The van der Waals surface area contributed by atoms with Crippen LogP contribution in [0.3, 0.4) is 0 Å². The Bertz CT molecular complexity index is 3580. The molecule has 0 fully saturated rings. The molecule has 288 valence electrons. The van der Waals surface area contributed by atoms with Crippen LogP contribution in [0.15, 0.2) is 211 Å². The molecule has 13 rings (SSSR count). The van der Waals surface area contributed by atoms with Gasteiger partial charge < -0.3 is 4.42 Å². The summed E-state index contributed by atoms with van der Waals surface area (Å²) in [7, 11) is 0. The molecule has 5 heteroatoms. The summed E-state index contributed by atoms with van der Waals surface area (Å²) < 4.78 is 6.56. The number of para-hydroxylation sites is 1. The van der Waals surface area contributed by atoms with E-state index in [9.17, 15) is 0 Å². The van der Waals surface area contributed by atoms with Crippen LogP contribution in [0.25, 0.3) is 101 Å². The molecule has 3 aromatic heterocycles. The van der Waals surface area contributed by atoms with Crippen molar-refractivity contribution in [1.82, 2.24) is 19.9 Å². The van der Waals surface area contributed by atoms with Gasteiger partial charge in [-0.15, -0.1) is 0 Å². The minimum atomic E-state index is -0.696. The molecule has 5 nitrogen and oxygen atoms in total. The van der Waals surface area contributed by atoms with Gasteiger partial charge in [-0.2, -0.15) is 0 Å². The molecule has 1 atom stereocenters. The van der Waals surface area contributed by atoms with E-state index in [-0.39, 0.29) is 0 Å². The Morgan fingerprint density at radius 1 is 0.355 bits per heavy atom. The second-order valence-electron chi connectivity index (χ2n) is 16.1. The van der Waals surface area contributed by atoms with Gasteiger partial charge >= 0.3 is 0 Å². The Hall–Kier alpha value is -8.28. The van der Waals surface area contributed by atoms with E-state index >= 15 is 0 Å². The summed E-state index contributed by atoms with van der Waals surface area (Å²) in [6, 6.07) is 69.0. The van der Waals surface area contributed by atoms with Crippen LogP contribution in [0.4, 0.5) is 0 Å². The average Bonchev–Trinajstić information content (AvgIpc) is 3.85. The Balaban J connectivity index is 1.11. The van der Waals surface area contributed by atoms with Crippen molar-refractivity contribution in [2.75, 3.05) is 0 Å². The lowest BCUT2D eigenvalue weighted by atomic mass is 9.65. The fraction of sp³-hybridized carbons (Fsp3) is 0.0175. The van der Waals surface area contributed by atoms with E-state index in [2.05, 4.69) is 140 Å². The highest BCUT2D eigenvalue weighted by Gasteiger charge is 2.50.